The van der Waals surface area contributed by atoms with Crippen molar-refractivity contribution >= 4 is 45.7 Å². The summed E-state index contributed by atoms with van der Waals surface area (Å²) in [5, 5.41) is 8.39. The number of benzene rings is 1. The van der Waals surface area contributed by atoms with E-state index in [1.54, 1.807) is 10.9 Å². The highest BCUT2D eigenvalue weighted by Gasteiger charge is 2.33. The fourth-order valence-corrected chi connectivity index (χ4v) is 4.62. The summed E-state index contributed by atoms with van der Waals surface area (Å²) in [6, 6.07) is 5.48. The molecule has 0 bridgehead atoms. The van der Waals surface area contributed by atoms with Crippen molar-refractivity contribution in [1.29, 1.82) is 0 Å². The lowest BCUT2D eigenvalue weighted by atomic mass is 10.0. The monoisotopic (exact) mass is 558 g/mol. The maximum Gasteiger partial charge on any atom is 0.433 e. The summed E-state index contributed by atoms with van der Waals surface area (Å²) in [4.78, 5) is 14.5. The Bertz CT molecular complexity index is 1180. The molecule has 0 spiro atoms. The van der Waals surface area contributed by atoms with Gasteiger partial charge in [-0.25, -0.2) is 4.98 Å². The summed E-state index contributed by atoms with van der Waals surface area (Å²) in [7, 11) is 0. The lowest BCUT2D eigenvalue weighted by Crippen LogP contribution is -2.29. The molecule has 202 valence electrons. The Morgan fingerprint density at radius 3 is 2.14 bits per heavy atom. The first kappa shape index (κ1) is 29.0. The minimum atomic E-state index is -4.50. The van der Waals surface area contributed by atoms with Crippen LogP contribution < -0.4 is 16.8 Å². The lowest BCUT2D eigenvalue weighted by molar-refractivity contribution is -0.140. The Morgan fingerprint density at radius 2 is 1.62 bits per heavy atom. The summed E-state index contributed by atoms with van der Waals surface area (Å²) in [5.41, 5.74) is 10.2. The molecule has 2 fully saturated rings. The minimum Gasteiger partial charge on any atom is -0.398 e. The average Bonchev–Trinajstić information content (AvgIpc) is 3.28. The van der Waals surface area contributed by atoms with Crippen LogP contribution in [0.3, 0.4) is 0 Å². The predicted octanol–water partition coefficient (Wildman–Crippen LogP) is 6.39. The summed E-state index contributed by atoms with van der Waals surface area (Å²) in [6.45, 7) is 1.93. The topological polar surface area (TPSA) is 112 Å². The molecule has 37 heavy (non-hydrogen) atoms. The van der Waals surface area contributed by atoms with E-state index >= 15 is 0 Å². The van der Waals surface area contributed by atoms with Crippen LogP contribution >= 0.6 is 23.2 Å². The molecule has 1 saturated heterocycles. The highest BCUT2D eigenvalue weighted by molar-refractivity contribution is 6.32. The highest BCUT2D eigenvalue weighted by Crippen LogP contribution is 2.32. The molecule has 1 aromatic carbocycles. The SMILES string of the molecule is C1CCCCC1.NC(=O)c1cn(C2CCNCC2)nc1Cl.Nc1cc(C(F)(F)F)nc2ccc(Cl)cc12. The summed E-state index contributed by atoms with van der Waals surface area (Å²) in [5.74, 6) is -0.528. The zero-order valence-electron chi connectivity index (χ0n) is 20.3. The molecule has 5 N–H and O–H groups in total. The summed E-state index contributed by atoms with van der Waals surface area (Å²) >= 11 is 11.5. The quantitative estimate of drug-likeness (QED) is 0.337. The van der Waals surface area contributed by atoms with Gasteiger partial charge in [0.05, 0.1) is 17.1 Å². The van der Waals surface area contributed by atoms with Crippen molar-refractivity contribution in [3.8, 4) is 0 Å². The predicted molar refractivity (Wildman–Crippen MR) is 141 cm³/mol. The van der Waals surface area contributed by atoms with E-state index in [2.05, 4.69) is 15.4 Å². The maximum atomic E-state index is 12.4. The van der Waals surface area contributed by atoms with Crippen LogP contribution in [0.25, 0.3) is 10.9 Å². The number of alkyl halides is 3. The molecule has 12 heteroatoms. The Morgan fingerprint density at radius 1 is 1.03 bits per heavy atom. The van der Waals surface area contributed by atoms with Gasteiger partial charge in [-0.3, -0.25) is 9.48 Å². The zero-order valence-corrected chi connectivity index (χ0v) is 21.8. The number of nitrogens with two attached hydrogens (primary N) is 2. The lowest BCUT2D eigenvalue weighted by Gasteiger charge is -2.22. The van der Waals surface area contributed by atoms with Crippen LogP contribution in [0.2, 0.25) is 10.2 Å². The number of halogens is 5. The number of pyridine rings is 1. The Kier molecular flexibility index (Phi) is 10.4. The standard InChI is InChI=1S/C10H6ClF3N2.C9H13ClN4O.C6H12/c11-5-1-2-8-6(3-5)7(15)4-9(16-8)10(12,13)14;10-8-7(9(11)15)5-14(13-8)6-1-3-12-4-2-6;1-2-4-6-5-3-1/h1-4H,(H2,15,16);5-6,12H,1-4H2,(H2,11,15);1-6H2. The number of nitrogens with one attached hydrogen (secondary N) is 1. The number of rotatable bonds is 2. The number of carbonyl (C=O) groups is 1. The molecule has 3 heterocycles. The van der Waals surface area contributed by atoms with Gasteiger partial charge in [-0.1, -0.05) is 61.7 Å². The Balaban J connectivity index is 0.000000169. The van der Waals surface area contributed by atoms with Crippen molar-refractivity contribution < 1.29 is 18.0 Å². The number of piperidine rings is 1. The largest absolute Gasteiger partial charge is 0.433 e. The van der Waals surface area contributed by atoms with Crippen LogP contribution in [0.15, 0.2) is 30.5 Å². The number of aromatic nitrogens is 3. The minimum absolute atomic E-state index is 0.0137. The van der Waals surface area contributed by atoms with Gasteiger partial charge in [-0.15, -0.1) is 0 Å². The van der Waals surface area contributed by atoms with Crippen LogP contribution in [-0.2, 0) is 6.18 Å². The molecule has 0 unspecified atom stereocenters. The van der Waals surface area contributed by atoms with Crippen molar-refractivity contribution in [2.24, 2.45) is 5.73 Å². The second kappa shape index (κ2) is 13.3. The normalized spacial score (nSPS) is 16.4. The third-order valence-corrected chi connectivity index (χ3v) is 6.74. The van der Waals surface area contributed by atoms with Crippen molar-refractivity contribution in [3.63, 3.8) is 0 Å². The van der Waals surface area contributed by atoms with E-state index in [1.807, 2.05) is 0 Å². The van der Waals surface area contributed by atoms with Gasteiger partial charge in [0, 0.05) is 22.3 Å². The van der Waals surface area contributed by atoms with E-state index in [4.69, 9.17) is 34.7 Å². The molecule has 7 nitrogen and oxygen atoms in total. The van der Waals surface area contributed by atoms with E-state index < -0.39 is 17.8 Å². The molecule has 5 rings (SSSR count). The second-order valence-electron chi connectivity index (χ2n) is 9.04. The number of nitrogens with zero attached hydrogens (tertiary/aromatic N) is 3. The number of anilines is 1. The number of primary amides is 1. The molecular formula is C25H31Cl2F3N6O. The molecule has 3 aromatic rings. The Labute approximate surface area is 223 Å². The average molecular weight is 559 g/mol. The summed E-state index contributed by atoms with van der Waals surface area (Å²) in [6.07, 6.45) is 8.13. The van der Waals surface area contributed by atoms with E-state index in [-0.39, 0.29) is 16.4 Å². The van der Waals surface area contributed by atoms with Crippen LogP contribution in [0.5, 0.6) is 0 Å². The van der Waals surface area contributed by atoms with E-state index in [1.165, 1.54) is 56.7 Å². The second-order valence-corrected chi connectivity index (χ2v) is 9.83. The maximum absolute atomic E-state index is 12.4. The van der Waals surface area contributed by atoms with Crippen molar-refractivity contribution in [2.45, 2.75) is 63.6 Å². The summed E-state index contributed by atoms with van der Waals surface area (Å²) < 4.78 is 39.0. The Hall–Kier alpha value is -2.56. The van der Waals surface area contributed by atoms with Crippen LogP contribution in [0.1, 0.15) is 73.5 Å². The molecular weight excluding hydrogens is 528 g/mol. The van der Waals surface area contributed by atoms with Crippen LogP contribution in [0, 0.1) is 0 Å². The zero-order chi connectivity index (χ0) is 27.0. The number of amides is 1. The molecule has 1 aliphatic carbocycles. The first-order valence-corrected chi connectivity index (χ1v) is 13.0. The number of hydrogen-bond donors (Lipinski definition) is 3. The molecule has 0 radical (unpaired) electrons. The van der Waals surface area contributed by atoms with Gasteiger partial charge in [0.1, 0.15) is 5.69 Å². The fraction of sp³-hybridized carbons (Fsp3) is 0.480. The fourth-order valence-electron chi connectivity index (χ4n) is 4.22. The van der Waals surface area contributed by atoms with Gasteiger partial charge in [0.15, 0.2) is 5.15 Å². The van der Waals surface area contributed by atoms with E-state index in [9.17, 15) is 18.0 Å². The molecule has 2 aromatic heterocycles. The van der Waals surface area contributed by atoms with Gasteiger partial charge in [0.25, 0.3) is 5.91 Å². The van der Waals surface area contributed by atoms with Crippen LogP contribution in [0.4, 0.5) is 18.9 Å². The van der Waals surface area contributed by atoms with E-state index in [0.717, 1.165) is 32.0 Å². The number of nitrogen functional groups attached to an aromatic ring is 1. The van der Waals surface area contributed by atoms with Crippen LogP contribution in [-0.4, -0.2) is 33.8 Å². The molecule has 1 amide bonds. The van der Waals surface area contributed by atoms with Gasteiger partial charge >= 0.3 is 6.18 Å². The van der Waals surface area contributed by atoms with Crippen molar-refractivity contribution in [3.05, 3.63) is 51.9 Å². The van der Waals surface area contributed by atoms with Crippen molar-refractivity contribution in [2.75, 3.05) is 18.8 Å². The van der Waals surface area contributed by atoms with Gasteiger partial charge in [0.2, 0.25) is 0 Å². The highest BCUT2D eigenvalue weighted by atomic mass is 35.5. The first-order chi connectivity index (χ1) is 17.6. The molecule has 0 atom stereocenters. The van der Waals surface area contributed by atoms with Gasteiger partial charge < -0.3 is 16.8 Å². The number of carbonyl (C=O) groups excluding carboxylic acids is 1. The number of fused-ring (bicyclic) bond motifs is 1. The third kappa shape index (κ3) is 8.48. The van der Waals surface area contributed by atoms with Gasteiger partial charge in [-0.2, -0.15) is 18.3 Å². The smallest absolute Gasteiger partial charge is 0.398 e. The third-order valence-electron chi connectivity index (χ3n) is 6.23. The first-order valence-electron chi connectivity index (χ1n) is 12.2. The van der Waals surface area contributed by atoms with Crippen molar-refractivity contribution in [1.82, 2.24) is 20.1 Å². The van der Waals surface area contributed by atoms with E-state index in [0.29, 0.717) is 22.0 Å². The molecule has 1 aliphatic heterocycles. The number of hydrogen-bond acceptors (Lipinski definition) is 5. The molecule has 2 aliphatic rings. The molecule has 1 saturated carbocycles. The van der Waals surface area contributed by atoms with Gasteiger partial charge in [-0.05, 0) is 50.2 Å².